The Kier molecular flexibility index (Phi) is 5.92. The fourth-order valence-corrected chi connectivity index (χ4v) is 4.49. The Bertz CT molecular complexity index is 998. The third-order valence-electron chi connectivity index (χ3n) is 5.21. The molecule has 1 atom stereocenters. The summed E-state index contributed by atoms with van der Waals surface area (Å²) in [5.74, 6) is 0.722. The zero-order valence-electron chi connectivity index (χ0n) is 16.2. The minimum atomic E-state index is -0.336. The number of nitro benzene ring substituents is 1. The molecular formula is C21H23N5O2S. The lowest BCUT2D eigenvalue weighted by Gasteiger charge is -2.19. The molecule has 7 nitrogen and oxygen atoms in total. The highest BCUT2D eigenvalue weighted by atomic mass is 32.2. The SMILES string of the molecule is Cn1c(Sc2ccccc2)nnc1-c1ccc([N+](=O)[O-])cc1C1CCCCCN1. The normalized spacial score (nSPS) is 17.1. The highest BCUT2D eigenvalue weighted by Crippen LogP contribution is 2.35. The van der Waals surface area contributed by atoms with E-state index in [4.69, 9.17) is 0 Å². The van der Waals surface area contributed by atoms with Crippen molar-refractivity contribution in [1.29, 1.82) is 0 Å². The van der Waals surface area contributed by atoms with Gasteiger partial charge in [-0.05, 0) is 54.9 Å². The van der Waals surface area contributed by atoms with E-state index in [-0.39, 0.29) is 16.7 Å². The number of rotatable bonds is 5. The number of non-ortho nitro benzene ring substituents is 1. The molecule has 0 spiro atoms. The first-order chi connectivity index (χ1) is 14.1. The van der Waals surface area contributed by atoms with Crippen molar-refractivity contribution in [2.24, 2.45) is 7.05 Å². The van der Waals surface area contributed by atoms with Crippen LogP contribution in [-0.2, 0) is 7.05 Å². The third-order valence-corrected chi connectivity index (χ3v) is 6.26. The van der Waals surface area contributed by atoms with Gasteiger partial charge in [0.05, 0.1) is 4.92 Å². The smallest absolute Gasteiger partial charge is 0.269 e. The summed E-state index contributed by atoms with van der Waals surface area (Å²) in [5.41, 5.74) is 1.92. The second-order valence-electron chi connectivity index (χ2n) is 7.17. The van der Waals surface area contributed by atoms with Crippen LogP contribution >= 0.6 is 11.8 Å². The first-order valence-corrected chi connectivity index (χ1v) is 10.6. The van der Waals surface area contributed by atoms with Gasteiger partial charge in [-0.3, -0.25) is 10.1 Å². The second-order valence-corrected chi connectivity index (χ2v) is 8.21. The number of nitrogens with one attached hydrogen (secondary N) is 1. The molecule has 1 N–H and O–H groups in total. The summed E-state index contributed by atoms with van der Waals surface area (Å²) >= 11 is 1.55. The molecule has 0 radical (unpaired) electrons. The van der Waals surface area contributed by atoms with Gasteiger partial charge in [-0.1, -0.05) is 31.0 Å². The molecule has 2 aromatic carbocycles. The van der Waals surface area contributed by atoms with Gasteiger partial charge in [0.2, 0.25) is 0 Å². The van der Waals surface area contributed by atoms with Gasteiger partial charge in [-0.25, -0.2) is 0 Å². The van der Waals surface area contributed by atoms with Crippen LogP contribution in [0.2, 0.25) is 0 Å². The fraction of sp³-hybridized carbons (Fsp3) is 0.333. The van der Waals surface area contributed by atoms with Crippen molar-refractivity contribution in [3.8, 4) is 11.4 Å². The summed E-state index contributed by atoms with van der Waals surface area (Å²) in [7, 11) is 1.94. The van der Waals surface area contributed by atoms with E-state index in [9.17, 15) is 10.1 Å². The topological polar surface area (TPSA) is 85.9 Å². The molecule has 3 aromatic rings. The monoisotopic (exact) mass is 409 g/mol. The van der Waals surface area contributed by atoms with Crippen molar-refractivity contribution < 1.29 is 4.92 Å². The first-order valence-electron chi connectivity index (χ1n) is 9.78. The number of nitrogens with zero attached hydrogens (tertiary/aromatic N) is 4. The molecule has 0 bridgehead atoms. The fourth-order valence-electron chi connectivity index (χ4n) is 3.68. The van der Waals surface area contributed by atoms with Crippen molar-refractivity contribution in [3.63, 3.8) is 0 Å². The summed E-state index contributed by atoms with van der Waals surface area (Å²) in [4.78, 5) is 12.1. The van der Waals surface area contributed by atoms with E-state index in [1.807, 2.05) is 41.9 Å². The molecule has 4 rings (SSSR count). The highest BCUT2D eigenvalue weighted by Gasteiger charge is 2.24. The third kappa shape index (κ3) is 4.33. The molecule has 0 aliphatic carbocycles. The molecule has 29 heavy (non-hydrogen) atoms. The van der Waals surface area contributed by atoms with Gasteiger partial charge in [0, 0.05) is 35.7 Å². The van der Waals surface area contributed by atoms with Crippen molar-refractivity contribution in [1.82, 2.24) is 20.1 Å². The van der Waals surface area contributed by atoms with Crippen LogP contribution in [0.1, 0.15) is 37.3 Å². The maximum absolute atomic E-state index is 11.4. The van der Waals surface area contributed by atoms with Gasteiger partial charge in [0.15, 0.2) is 11.0 Å². The lowest BCUT2D eigenvalue weighted by atomic mass is 9.95. The van der Waals surface area contributed by atoms with Gasteiger partial charge >= 0.3 is 0 Å². The van der Waals surface area contributed by atoms with Gasteiger partial charge in [0.1, 0.15) is 0 Å². The van der Waals surface area contributed by atoms with Crippen LogP contribution < -0.4 is 5.32 Å². The highest BCUT2D eigenvalue weighted by molar-refractivity contribution is 7.99. The van der Waals surface area contributed by atoms with Crippen molar-refractivity contribution in [2.45, 2.75) is 41.8 Å². The van der Waals surface area contributed by atoms with E-state index >= 15 is 0 Å². The second kappa shape index (κ2) is 8.75. The number of hydrogen-bond acceptors (Lipinski definition) is 6. The first kappa shape index (κ1) is 19.6. The van der Waals surface area contributed by atoms with Gasteiger partial charge in [-0.15, -0.1) is 10.2 Å². The van der Waals surface area contributed by atoms with Crippen molar-refractivity contribution >= 4 is 17.4 Å². The standard InChI is InChI=1S/C21H23N5O2S/c1-25-20(23-24-21(25)29-16-8-4-2-5-9-16)17-12-11-15(26(27)28)14-18(17)19-10-6-3-7-13-22-19/h2,4-5,8-9,11-12,14,19,22H,3,6-7,10,13H2,1H3. The Hall–Kier alpha value is -2.71. The maximum atomic E-state index is 11.4. The molecule has 0 amide bonds. The average Bonchev–Trinajstić information content (AvgIpc) is 2.94. The zero-order valence-corrected chi connectivity index (χ0v) is 17.1. The predicted molar refractivity (Wildman–Crippen MR) is 113 cm³/mol. The van der Waals surface area contributed by atoms with Crippen LogP contribution in [0.15, 0.2) is 58.6 Å². The van der Waals surface area contributed by atoms with Crippen LogP contribution in [-0.4, -0.2) is 26.2 Å². The summed E-state index contributed by atoms with van der Waals surface area (Å²) in [6.07, 6.45) is 4.36. The van der Waals surface area contributed by atoms with E-state index in [1.54, 1.807) is 30.0 Å². The molecule has 1 aromatic heterocycles. The van der Waals surface area contributed by atoms with Crippen LogP contribution in [0.25, 0.3) is 11.4 Å². The summed E-state index contributed by atoms with van der Waals surface area (Å²) < 4.78 is 1.96. The van der Waals surface area contributed by atoms with E-state index in [0.717, 1.165) is 52.8 Å². The minimum absolute atomic E-state index is 0.0781. The molecule has 1 aliphatic heterocycles. The number of aromatic nitrogens is 3. The number of nitro groups is 1. The molecule has 2 heterocycles. The Morgan fingerprint density at radius 1 is 1.14 bits per heavy atom. The van der Waals surface area contributed by atoms with Gasteiger partial charge in [-0.2, -0.15) is 0 Å². The Morgan fingerprint density at radius 2 is 1.97 bits per heavy atom. The Balaban J connectivity index is 1.73. The Morgan fingerprint density at radius 3 is 2.76 bits per heavy atom. The van der Waals surface area contributed by atoms with Crippen LogP contribution in [0.3, 0.4) is 0 Å². The number of hydrogen-bond donors (Lipinski definition) is 1. The summed E-state index contributed by atoms with van der Waals surface area (Å²) in [6, 6.07) is 15.2. The predicted octanol–water partition coefficient (Wildman–Crippen LogP) is 4.75. The molecule has 1 aliphatic rings. The largest absolute Gasteiger partial charge is 0.310 e. The van der Waals surface area contributed by atoms with Gasteiger partial charge in [0.25, 0.3) is 5.69 Å². The molecule has 150 valence electrons. The molecule has 0 saturated carbocycles. The van der Waals surface area contributed by atoms with Crippen molar-refractivity contribution in [3.05, 3.63) is 64.2 Å². The molecular weight excluding hydrogens is 386 g/mol. The van der Waals surface area contributed by atoms with Crippen LogP contribution in [0, 0.1) is 10.1 Å². The summed E-state index contributed by atoms with van der Waals surface area (Å²) in [5, 5.41) is 24.5. The molecule has 8 heteroatoms. The molecule has 1 saturated heterocycles. The number of benzene rings is 2. The van der Waals surface area contributed by atoms with E-state index in [2.05, 4.69) is 15.5 Å². The van der Waals surface area contributed by atoms with E-state index in [1.165, 1.54) is 6.42 Å². The quantitative estimate of drug-likeness (QED) is 0.484. The van der Waals surface area contributed by atoms with Gasteiger partial charge < -0.3 is 9.88 Å². The minimum Gasteiger partial charge on any atom is -0.310 e. The average molecular weight is 410 g/mol. The zero-order chi connectivity index (χ0) is 20.2. The van der Waals surface area contributed by atoms with E-state index in [0.29, 0.717) is 0 Å². The van der Waals surface area contributed by atoms with Crippen LogP contribution in [0.4, 0.5) is 5.69 Å². The summed E-state index contributed by atoms with van der Waals surface area (Å²) in [6.45, 7) is 0.917. The van der Waals surface area contributed by atoms with Crippen molar-refractivity contribution in [2.75, 3.05) is 6.54 Å². The molecule has 1 unspecified atom stereocenters. The molecule has 1 fully saturated rings. The lowest BCUT2D eigenvalue weighted by Crippen LogP contribution is -2.21. The van der Waals surface area contributed by atoms with Crippen LogP contribution in [0.5, 0.6) is 0 Å². The lowest BCUT2D eigenvalue weighted by molar-refractivity contribution is -0.384. The maximum Gasteiger partial charge on any atom is 0.269 e. The van der Waals surface area contributed by atoms with E-state index < -0.39 is 0 Å². The Labute approximate surface area is 173 Å².